The Bertz CT molecular complexity index is 341. The number of allylic oxidation sites excluding steroid dienone is 2. The standard InChI is InChI=1S/C20H37F3/c1-14(2)8-9-15(3)16(4)10-11-17(5)18(6)12-13-19(7)20(21,22)23/h11,14-16,18-19H,8-10,12-13H2,1-7H3/b17-11+. The zero-order valence-corrected chi connectivity index (χ0v) is 16.1. The molecule has 0 saturated carbocycles. The van der Waals surface area contributed by atoms with E-state index in [-0.39, 0.29) is 12.3 Å². The van der Waals surface area contributed by atoms with E-state index >= 15 is 0 Å². The van der Waals surface area contributed by atoms with Crippen LogP contribution in [-0.4, -0.2) is 6.18 Å². The maximum Gasteiger partial charge on any atom is 0.391 e. The quantitative estimate of drug-likeness (QED) is 0.360. The minimum atomic E-state index is -4.06. The molecule has 138 valence electrons. The van der Waals surface area contributed by atoms with Gasteiger partial charge in [0.1, 0.15) is 0 Å². The first-order valence-electron chi connectivity index (χ1n) is 9.18. The SMILES string of the molecule is C/C(=C\CC(C)C(C)CCC(C)C)C(C)CCC(C)C(F)(F)F. The van der Waals surface area contributed by atoms with Gasteiger partial charge in [0.15, 0.2) is 0 Å². The molecule has 0 aliphatic heterocycles. The van der Waals surface area contributed by atoms with Gasteiger partial charge in [0, 0.05) is 0 Å². The molecule has 0 aromatic rings. The summed E-state index contributed by atoms with van der Waals surface area (Å²) in [6.45, 7) is 14.5. The van der Waals surface area contributed by atoms with Gasteiger partial charge in [0.05, 0.1) is 5.92 Å². The van der Waals surface area contributed by atoms with Crippen LogP contribution in [0.2, 0.25) is 0 Å². The van der Waals surface area contributed by atoms with Crippen LogP contribution in [0.5, 0.6) is 0 Å². The summed E-state index contributed by atoms with van der Waals surface area (Å²) in [4.78, 5) is 0. The maximum atomic E-state index is 12.6. The molecule has 0 radical (unpaired) electrons. The third-order valence-corrected chi connectivity index (χ3v) is 5.35. The normalized spacial score (nSPS) is 18.8. The lowest BCUT2D eigenvalue weighted by Crippen LogP contribution is -2.20. The highest BCUT2D eigenvalue weighted by molar-refractivity contribution is 5.02. The lowest BCUT2D eigenvalue weighted by atomic mass is 9.85. The van der Waals surface area contributed by atoms with E-state index in [9.17, 15) is 13.2 Å². The highest BCUT2D eigenvalue weighted by Crippen LogP contribution is 2.31. The van der Waals surface area contributed by atoms with E-state index in [1.165, 1.54) is 25.3 Å². The van der Waals surface area contributed by atoms with Crippen molar-refractivity contribution in [3.8, 4) is 0 Å². The predicted octanol–water partition coefficient (Wildman–Crippen LogP) is 7.65. The van der Waals surface area contributed by atoms with Crippen LogP contribution in [-0.2, 0) is 0 Å². The highest BCUT2D eigenvalue weighted by atomic mass is 19.4. The van der Waals surface area contributed by atoms with Crippen LogP contribution in [0.3, 0.4) is 0 Å². The van der Waals surface area contributed by atoms with Gasteiger partial charge in [0.25, 0.3) is 0 Å². The van der Waals surface area contributed by atoms with Gasteiger partial charge in [-0.25, -0.2) is 0 Å². The number of halogens is 3. The first kappa shape index (κ1) is 22.5. The first-order valence-corrected chi connectivity index (χ1v) is 9.18. The zero-order chi connectivity index (χ0) is 18.2. The molecule has 4 unspecified atom stereocenters. The highest BCUT2D eigenvalue weighted by Gasteiger charge is 2.35. The minimum Gasteiger partial charge on any atom is -0.171 e. The average molecular weight is 335 g/mol. The van der Waals surface area contributed by atoms with E-state index in [0.717, 1.165) is 12.3 Å². The van der Waals surface area contributed by atoms with Gasteiger partial charge >= 0.3 is 6.18 Å². The molecule has 0 aromatic carbocycles. The lowest BCUT2D eigenvalue weighted by Gasteiger charge is -2.21. The Hall–Kier alpha value is -0.470. The molecule has 0 spiro atoms. The molecule has 0 saturated heterocycles. The lowest BCUT2D eigenvalue weighted by molar-refractivity contribution is -0.171. The van der Waals surface area contributed by atoms with Crippen molar-refractivity contribution in [1.29, 1.82) is 0 Å². The number of rotatable bonds is 10. The van der Waals surface area contributed by atoms with Gasteiger partial charge in [-0.05, 0) is 49.9 Å². The summed E-state index contributed by atoms with van der Waals surface area (Å²) in [5, 5.41) is 0. The largest absolute Gasteiger partial charge is 0.391 e. The zero-order valence-electron chi connectivity index (χ0n) is 16.1. The Morgan fingerprint density at radius 2 is 1.39 bits per heavy atom. The topological polar surface area (TPSA) is 0 Å². The second-order valence-electron chi connectivity index (χ2n) is 8.03. The summed E-state index contributed by atoms with van der Waals surface area (Å²) in [6, 6.07) is 0. The van der Waals surface area contributed by atoms with Crippen LogP contribution in [0.15, 0.2) is 11.6 Å². The van der Waals surface area contributed by atoms with Crippen molar-refractivity contribution < 1.29 is 13.2 Å². The number of hydrogen-bond donors (Lipinski definition) is 0. The Balaban J connectivity index is 4.26. The molecule has 0 nitrogen and oxygen atoms in total. The Morgan fingerprint density at radius 3 is 1.87 bits per heavy atom. The van der Waals surface area contributed by atoms with Gasteiger partial charge < -0.3 is 0 Å². The van der Waals surface area contributed by atoms with E-state index in [1.54, 1.807) is 0 Å². The van der Waals surface area contributed by atoms with Crippen molar-refractivity contribution in [2.45, 2.75) is 86.7 Å². The smallest absolute Gasteiger partial charge is 0.171 e. The average Bonchev–Trinajstić information content (AvgIpc) is 2.45. The van der Waals surface area contributed by atoms with Crippen molar-refractivity contribution in [3.05, 3.63) is 11.6 Å². The van der Waals surface area contributed by atoms with Crippen LogP contribution < -0.4 is 0 Å². The summed E-state index contributed by atoms with van der Waals surface area (Å²) in [5.74, 6) is 1.11. The molecule has 0 N–H and O–H groups in total. The molecule has 3 heteroatoms. The summed E-state index contributed by atoms with van der Waals surface area (Å²) in [6.07, 6.45) is 2.57. The van der Waals surface area contributed by atoms with E-state index in [2.05, 4.69) is 40.7 Å². The molecule has 0 aromatic heterocycles. The van der Waals surface area contributed by atoms with E-state index in [1.807, 2.05) is 6.92 Å². The molecule has 0 aliphatic rings. The molecular formula is C20H37F3. The third kappa shape index (κ3) is 10.1. The molecule has 0 rings (SSSR count). The fraction of sp³-hybridized carbons (Fsp3) is 0.900. The molecule has 0 fully saturated rings. The Labute approximate surface area is 141 Å². The fourth-order valence-electron chi connectivity index (χ4n) is 2.58. The molecule has 0 aliphatic carbocycles. The van der Waals surface area contributed by atoms with Gasteiger partial charge in [-0.1, -0.05) is 66.0 Å². The number of hydrogen-bond acceptors (Lipinski definition) is 0. The second kappa shape index (κ2) is 10.4. The number of alkyl halides is 3. The molecule has 0 bridgehead atoms. The monoisotopic (exact) mass is 334 g/mol. The van der Waals surface area contributed by atoms with Gasteiger partial charge in [-0.15, -0.1) is 0 Å². The van der Waals surface area contributed by atoms with Crippen molar-refractivity contribution in [1.82, 2.24) is 0 Å². The molecule has 0 amide bonds. The van der Waals surface area contributed by atoms with Crippen LogP contribution in [0.25, 0.3) is 0 Å². The third-order valence-electron chi connectivity index (χ3n) is 5.35. The molecule has 4 atom stereocenters. The van der Waals surface area contributed by atoms with Crippen molar-refractivity contribution in [2.24, 2.45) is 29.6 Å². The van der Waals surface area contributed by atoms with Crippen molar-refractivity contribution in [3.63, 3.8) is 0 Å². The molecule has 23 heavy (non-hydrogen) atoms. The van der Waals surface area contributed by atoms with Crippen LogP contribution in [0.4, 0.5) is 13.2 Å². The summed E-state index contributed by atoms with van der Waals surface area (Å²) < 4.78 is 37.7. The van der Waals surface area contributed by atoms with Crippen LogP contribution in [0, 0.1) is 29.6 Å². The predicted molar refractivity (Wildman–Crippen MR) is 94.4 cm³/mol. The van der Waals surface area contributed by atoms with Crippen molar-refractivity contribution in [2.75, 3.05) is 0 Å². The maximum absolute atomic E-state index is 12.6. The fourth-order valence-corrected chi connectivity index (χ4v) is 2.58. The Kier molecular flexibility index (Phi) is 10.2. The molecule has 0 heterocycles. The summed E-state index contributed by atoms with van der Waals surface area (Å²) in [7, 11) is 0. The van der Waals surface area contributed by atoms with Gasteiger partial charge in [-0.3, -0.25) is 0 Å². The summed E-state index contributed by atoms with van der Waals surface area (Å²) in [5.41, 5.74) is 1.24. The van der Waals surface area contributed by atoms with Crippen LogP contribution >= 0.6 is 0 Å². The first-order chi connectivity index (χ1) is 10.4. The van der Waals surface area contributed by atoms with Gasteiger partial charge in [-0.2, -0.15) is 13.2 Å². The van der Waals surface area contributed by atoms with Crippen LogP contribution in [0.1, 0.15) is 80.6 Å². The second-order valence-corrected chi connectivity index (χ2v) is 8.03. The van der Waals surface area contributed by atoms with Gasteiger partial charge in [0.2, 0.25) is 0 Å². The van der Waals surface area contributed by atoms with E-state index in [4.69, 9.17) is 0 Å². The Morgan fingerprint density at radius 1 is 0.826 bits per heavy atom. The van der Waals surface area contributed by atoms with Crippen molar-refractivity contribution >= 4 is 0 Å². The van der Waals surface area contributed by atoms with E-state index in [0.29, 0.717) is 18.3 Å². The summed E-state index contributed by atoms with van der Waals surface area (Å²) >= 11 is 0. The molecular weight excluding hydrogens is 297 g/mol. The minimum absolute atomic E-state index is 0.218. The van der Waals surface area contributed by atoms with E-state index < -0.39 is 12.1 Å².